The van der Waals surface area contributed by atoms with Crippen molar-refractivity contribution in [1.82, 2.24) is 5.32 Å². The maximum atomic E-state index is 4.16. The van der Waals surface area contributed by atoms with Crippen LogP contribution in [0.4, 0.5) is 0 Å². The van der Waals surface area contributed by atoms with Gasteiger partial charge >= 0.3 is 0 Å². The minimum Gasteiger partial charge on any atom is -0.386 e. The fourth-order valence-electron chi connectivity index (χ4n) is 1.94. The molecule has 2 unspecified atom stereocenters. The third-order valence-electron chi connectivity index (χ3n) is 3.11. The monoisotopic (exact) mass is 193 g/mol. The average Bonchev–Trinajstić information content (AvgIpc) is 2.17. The van der Waals surface area contributed by atoms with E-state index in [0.717, 1.165) is 0 Å². The molecule has 1 heteroatoms. The molecule has 0 amide bonds. The summed E-state index contributed by atoms with van der Waals surface area (Å²) >= 11 is 0. The zero-order chi connectivity index (χ0) is 10.6. The summed E-state index contributed by atoms with van der Waals surface area (Å²) in [4.78, 5) is 0. The topological polar surface area (TPSA) is 12.0 Å². The average molecular weight is 193 g/mol. The van der Waals surface area contributed by atoms with Crippen molar-refractivity contribution in [3.05, 3.63) is 23.9 Å². The summed E-state index contributed by atoms with van der Waals surface area (Å²) in [6.07, 6.45) is 7.20. The van der Waals surface area contributed by atoms with Crippen molar-refractivity contribution in [1.29, 1.82) is 0 Å². The molecule has 0 fully saturated rings. The lowest BCUT2D eigenvalue weighted by atomic mass is 9.87. The summed E-state index contributed by atoms with van der Waals surface area (Å²) in [5.74, 6) is 0.661. The first kappa shape index (κ1) is 11.4. The van der Waals surface area contributed by atoms with E-state index in [2.05, 4.69) is 38.7 Å². The first-order valence-electron chi connectivity index (χ1n) is 5.74. The summed E-state index contributed by atoms with van der Waals surface area (Å²) < 4.78 is 0. The Balaban J connectivity index is 2.42. The van der Waals surface area contributed by atoms with Gasteiger partial charge in [-0.25, -0.2) is 0 Å². The fourth-order valence-corrected chi connectivity index (χ4v) is 1.94. The van der Waals surface area contributed by atoms with Crippen molar-refractivity contribution in [3.63, 3.8) is 0 Å². The van der Waals surface area contributed by atoms with Crippen LogP contribution in [0.15, 0.2) is 23.9 Å². The van der Waals surface area contributed by atoms with E-state index in [-0.39, 0.29) is 0 Å². The Bertz CT molecular complexity index is 227. The van der Waals surface area contributed by atoms with Crippen LogP contribution in [0, 0.1) is 5.92 Å². The minimum atomic E-state index is 0.564. The summed E-state index contributed by atoms with van der Waals surface area (Å²) in [5, 5.41) is 3.50. The van der Waals surface area contributed by atoms with Crippen molar-refractivity contribution in [3.8, 4) is 0 Å². The van der Waals surface area contributed by atoms with Crippen molar-refractivity contribution in [2.45, 2.75) is 52.5 Å². The highest BCUT2D eigenvalue weighted by molar-refractivity contribution is 5.11. The Morgan fingerprint density at radius 1 is 1.71 bits per heavy atom. The number of hydrogen-bond acceptors (Lipinski definition) is 1. The van der Waals surface area contributed by atoms with Gasteiger partial charge in [0.1, 0.15) is 0 Å². The van der Waals surface area contributed by atoms with Crippen LogP contribution in [0.5, 0.6) is 0 Å². The predicted octanol–water partition coefficient (Wildman–Crippen LogP) is 3.63. The second-order valence-corrected chi connectivity index (χ2v) is 4.51. The van der Waals surface area contributed by atoms with Gasteiger partial charge in [0, 0.05) is 17.7 Å². The number of hydrogen-bond donors (Lipinski definition) is 1. The van der Waals surface area contributed by atoms with E-state index in [1.165, 1.54) is 37.0 Å². The van der Waals surface area contributed by atoms with E-state index in [4.69, 9.17) is 0 Å². The van der Waals surface area contributed by atoms with Crippen LogP contribution in [0.2, 0.25) is 0 Å². The molecule has 1 aliphatic rings. The molecule has 0 saturated carbocycles. The molecule has 2 atom stereocenters. The summed E-state index contributed by atoms with van der Waals surface area (Å²) in [6, 6.07) is 0.564. The first-order valence-corrected chi connectivity index (χ1v) is 5.74. The Morgan fingerprint density at radius 2 is 2.43 bits per heavy atom. The molecule has 14 heavy (non-hydrogen) atoms. The van der Waals surface area contributed by atoms with Crippen LogP contribution in [-0.4, -0.2) is 6.04 Å². The van der Waals surface area contributed by atoms with Gasteiger partial charge in [-0.3, -0.25) is 0 Å². The molecular formula is C13H23N. The van der Waals surface area contributed by atoms with Gasteiger partial charge < -0.3 is 5.32 Å². The smallest absolute Gasteiger partial charge is 0.0227 e. The highest BCUT2D eigenvalue weighted by Crippen LogP contribution is 2.27. The molecule has 0 aromatic rings. The SMILES string of the molecule is C=C(NC(C)CC)C1CCC=C(C)C1. The number of allylic oxidation sites excluding steroid dienone is 3. The molecule has 0 radical (unpaired) electrons. The molecule has 1 rings (SSSR count). The molecule has 1 nitrogen and oxygen atoms in total. The largest absolute Gasteiger partial charge is 0.386 e. The van der Waals surface area contributed by atoms with Gasteiger partial charge in [0.15, 0.2) is 0 Å². The maximum absolute atomic E-state index is 4.16. The Hall–Kier alpha value is -0.720. The molecule has 1 aliphatic carbocycles. The second-order valence-electron chi connectivity index (χ2n) is 4.51. The lowest BCUT2D eigenvalue weighted by molar-refractivity contribution is 0.468. The van der Waals surface area contributed by atoms with Gasteiger partial charge in [-0.1, -0.05) is 25.2 Å². The Morgan fingerprint density at radius 3 is 3.00 bits per heavy atom. The van der Waals surface area contributed by atoms with E-state index in [0.29, 0.717) is 12.0 Å². The quantitative estimate of drug-likeness (QED) is 0.672. The van der Waals surface area contributed by atoms with Gasteiger partial charge in [0.2, 0.25) is 0 Å². The molecule has 0 spiro atoms. The summed E-state index contributed by atoms with van der Waals surface area (Å²) in [7, 11) is 0. The third-order valence-corrected chi connectivity index (χ3v) is 3.11. The van der Waals surface area contributed by atoms with Crippen LogP contribution in [0.1, 0.15) is 46.5 Å². The molecular weight excluding hydrogens is 170 g/mol. The van der Waals surface area contributed by atoms with E-state index < -0.39 is 0 Å². The Kier molecular flexibility index (Phi) is 4.24. The van der Waals surface area contributed by atoms with Gasteiger partial charge in [-0.2, -0.15) is 0 Å². The standard InChI is InChI=1S/C13H23N/c1-5-11(3)14-12(4)13-8-6-7-10(2)9-13/h7,11,13-14H,4-6,8-9H2,1-3H3. The molecule has 0 aliphatic heterocycles. The summed E-state index contributed by atoms with van der Waals surface area (Å²) in [5.41, 5.74) is 2.76. The highest BCUT2D eigenvalue weighted by atomic mass is 14.9. The highest BCUT2D eigenvalue weighted by Gasteiger charge is 2.16. The molecule has 0 saturated heterocycles. The second kappa shape index (κ2) is 5.23. The lowest BCUT2D eigenvalue weighted by Gasteiger charge is -2.26. The molecule has 80 valence electrons. The van der Waals surface area contributed by atoms with Crippen LogP contribution >= 0.6 is 0 Å². The van der Waals surface area contributed by atoms with Gasteiger partial charge in [-0.05, 0) is 39.5 Å². The van der Waals surface area contributed by atoms with Crippen LogP contribution in [-0.2, 0) is 0 Å². The normalized spacial score (nSPS) is 23.9. The minimum absolute atomic E-state index is 0.564. The van der Waals surface area contributed by atoms with Crippen LogP contribution in [0.3, 0.4) is 0 Å². The van der Waals surface area contributed by atoms with Crippen molar-refractivity contribution in [2.75, 3.05) is 0 Å². The van der Waals surface area contributed by atoms with Crippen molar-refractivity contribution < 1.29 is 0 Å². The molecule has 0 heterocycles. The van der Waals surface area contributed by atoms with Crippen molar-refractivity contribution >= 4 is 0 Å². The van der Waals surface area contributed by atoms with E-state index in [1.54, 1.807) is 0 Å². The van der Waals surface area contributed by atoms with Crippen LogP contribution < -0.4 is 5.32 Å². The zero-order valence-corrected chi connectivity index (χ0v) is 9.77. The predicted molar refractivity (Wildman–Crippen MR) is 63.1 cm³/mol. The molecule has 0 bridgehead atoms. The Labute approximate surface area is 88.3 Å². The fraction of sp³-hybridized carbons (Fsp3) is 0.692. The molecule has 0 aromatic heterocycles. The van der Waals surface area contributed by atoms with Gasteiger partial charge in [0.05, 0.1) is 0 Å². The number of rotatable bonds is 4. The third kappa shape index (κ3) is 3.21. The summed E-state index contributed by atoms with van der Waals surface area (Å²) in [6.45, 7) is 10.8. The lowest BCUT2D eigenvalue weighted by Crippen LogP contribution is -2.28. The van der Waals surface area contributed by atoms with Crippen molar-refractivity contribution in [2.24, 2.45) is 5.92 Å². The number of nitrogens with one attached hydrogen (secondary N) is 1. The maximum Gasteiger partial charge on any atom is 0.0227 e. The van der Waals surface area contributed by atoms with Gasteiger partial charge in [-0.15, -0.1) is 0 Å². The van der Waals surface area contributed by atoms with E-state index in [1.807, 2.05) is 0 Å². The van der Waals surface area contributed by atoms with E-state index >= 15 is 0 Å². The zero-order valence-electron chi connectivity index (χ0n) is 9.77. The van der Waals surface area contributed by atoms with E-state index in [9.17, 15) is 0 Å². The molecule has 0 aromatic carbocycles. The first-order chi connectivity index (χ1) is 6.63. The van der Waals surface area contributed by atoms with Crippen LogP contribution in [0.25, 0.3) is 0 Å². The molecule has 1 N–H and O–H groups in total. The van der Waals surface area contributed by atoms with Gasteiger partial charge in [0.25, 0.3) is 0 Å².